The lowest BCUT2D eigenvalue weighted by molar-refractivity contribution is 0.0939. The molecule has 0 amide bonds. The zero-order chi connectivity index (χ0) is 9.26. The standard InChI is InChI=1S/C9H15N3O/c1-7-9(10)6-12(11-7)5-8-3-2-4-13-8/h6,8H,2-5,10H2,1H3/t8-/m0/s1. The van der Waals surface area contributed by atoms with Gasteiger partial charge in [0, 0.05) is 12.8 Å². The number of hydrogen-bond acceptors (Lipinski definition) is 3. The number of aromatic nitrogens is 2. The van der Waals surface area contributed by atoms with Gasteiger partial charge in [-0.25, -0.2) is 0 Å². The summed E-state index contributed by atoms with van der Waals surface area (Å²) in [5.74, 6) is 0. The number of ether oxygens (including phenoxy) is 1. The van der Waals surface area contributed by atoms with Crippen molar-refractivity contribution in [1.82, 2.24) is 9.78 Å². The smallest absolute Gasteiger partial charge is 0.0822 e. The molecule has 1 aromatic heterocycles. The molecule has 0 radical (unpaired) electrons. The van der Waals surface area contributed by atoms with Crippen molar-refractivity contribution in [3.05, 3.63) is 11.9 Å². The van der Waals surface area contributed by atoms with E-state index in [1.54, 1.807) is 0 Å². The number of anilines is 1. The summed E-state index contributed by atoms with van der Waals surface area (Å²) in [6, 6.07) is 0. The molecule has 1 atom stereocenters. The van der Waals surface area contributed by atoms with Crippen molar-refractivity contribution in [3.8, 4) is 0 Å². The number of rotatable bonds is 2. The predicted octanol–water partition coefficient (Wildman–Crippen LogP) is 0.953. The molecule has 1 aliphatic rings. The first kappa shape index (κ1) is 8.56. The molecule has 2 N–H and O–H groups in total. The summed E-state index contributed by atoms with van der Waals surface area (Å²) in [6.07, 6.45) is 4.51. The molecule has 0 saturated carbocycles. The van der Waals surface area contributed by atoms with Crippen molar-refractivity contribution in [2.75, 3.05) is 12.3 Å². The van der Waals surface area contributed by atoms with Crippen LogP contribution in [-0.2, 0) is 11.3 Å². The van der Waals surface area contributed by atoms with Gasteiger partial charge in [0.05, 0.1) is 24.0 Å². The van der Waals surface area contributed by atoms with Crippen LogP contribution < -0.4 is 5.73 Å². The van der Waals surface area contributed by atoms with Crippen LogP contribution in [0.2, 0.25) is 0 Å². The second-order valence-corrected chi connectivity index (χ2v) is 3.53. The zero-order valence-electron chi connectivity index (χ0n) is 7.86. The molecule has 0 unspecified atom stereocenters. The molecule has 0 bridgehead atoms. The number of nitrogens with zero attached hydrogens (tertiary/aromatic N) is 2. The fraction of sp³-hybridized carbons (Fsp3) is 0.667. The summed E-state index contributed by atoms with van der Waals surface area (Å²) in [5, 5.41) is 4.29. The van der Waals surface area contributed by atoms with Crippen LogP contribution in [0.5, 0.6) is 0 Å². The predicted molar refractivity (Wildman–Crippen MR) is 50.4 cm³/mol. The van der Waals surface area contributed by atoms with Gasteiger partial charge in [-0.05, 0) is 19.8 Å². The Bertz CT molecular complexity index is 270. The first-order chi connectivity index (χ1) is 6.25. The molecule has 72 valence electrons. The fourth-order valence-corrected chi connectivity index (χ4v) is 1.62. The van der Waals surface area contributed by atoms with E-state index in [0.717, 1.165) is 31.0 Å². The van der Waals surface area contributed by atoms with Gasteiger partial charge >= 0.3 is 0 Å². The van der Waals surface area contributed by atoms with E-state index in [2.05, 4.69) is 5.10 Å². The Labute approximate surface area is 77.7 Å². The van der Waals surface area contributed by atoms with Crippen LogP contribution in [0.15, 0.2) is 6.20 Å². The quantitative estimate of drug-likeness (QED) is 0.739. The van der Waals surface area contributed by atoms with Gasteiger partial charge < -0.3 is 10.5 Å². The van der Waals surface area contributed by atoms with Crippen molar-refractivity contribution < 1.29 is 4.74 Å². The highest BCUT2D eigenvalue weighted by Crippen LogP contribution is 2.15. The number of hydrogen-bond donors (Lipinski definition) is 1. The molecule has 2 heterocycles. The molecule has 0 spiro atoms. The minimum absolute atomic E-state index is 0.332. The maximum Gasteiger partial charge on any atom is 0.0822 e. The molecular formula is C9H15N3O. The van der Waals surface area contributed by atoms with E-state index in [4.69, 9.17) is 10.5 Å². The number of nitrogen functional groups attached to an aromatic ring is 1. The summed E-state index contributed by atoms with van der Waals surface area (Å²) in [5.41, 5.74) is 7.35. The van der Waals surface area contributed by atoms with Gasteiger partial charge in [-0.1, -0.05) is 0 Å². The average molecular weight is 181 g/mol. The van der Waals surface area contributed by atoms with Gasteiger partial charge in [-0.3, -0.25) is 4.68 Å². The van der Waals surface area contributed by atoms with Crippen LogP contribution in [0.3, 0.4) is 0 Å². The summed E-state index contributed by atoms with van der Waals surface area (Å²) in [6.45, 7) is 3.64. The molecule has 0 aliphatic carbocycles. The van der Waals surface area contributed by atoms with E-state index in [0.29, 0.717) is 6.10 Å². The lowest BCUT2D eigenvalue weighted by Gasteiger charge is -2.08. The first-order valence-electron chi connectivity index (χ1n) is 4.67. The number of nitrogens with two attached hydrogens (primary N) is 1. The Hall–Kier alpha value is -1.03. The fourth-order valence-electron chi connectivity index (χ4n) is 1.62. The highest BCUT2D eigenvalue weighted by Gasteiger charge is 2.16. The Morgan fingerprint density at radius 1 is 1.77 bits per heavy atom. The lowest BCUT2D eigenvalue weighted by Crippen LogP contribution is -2.15. The van der Waals surface area contributed by atoms with Crippen molar-refractivity contribution >= 4 is 5.69 Å². The Balaban J connectivity index is 2.00. The molecule has 1 aliphatic heterocycles. The highest BCUT2D eigenvalue weighted by atomic mass is 16.5. The van der Waals surface area contributed by atoms with Crippen LogP contribution >= 0.6 is 0 Å². The second kappa shape index (κ2) is 3.38. The SMILES string of the molecule is Cc1nn(C[C@@H]2CCCO2)cc1N. The summed E-state index contributed by atoms with van der Waals surface area (Å²) >= 11 is 0. The Morgan fingerprint density at radius 2 is 2.62 bits per heavy atom. The largest absolute Gasteiger partial charge is 0.396 e. The van der Waals surface area contributed by atoms with Crippen molar-refractivity contribution in [1.29, 1.82) is 0 Å². The van der Waals surface area contributed by atoms with Gasteiger partial charge in [0.2, 0.25) is 0 Å². The van der Waals surface area contributed by atoms with E-state index in [1.807, 2.05) is 17.8 Å². The van der Waals surface area contributed by atoms with E-state index in [1.165, 1.54) is 6.42 Å². The van der Waals surface area contributed by atoms with Gasteiger partial charge in [-0.15, -0.1) is 0 Å². The summed E-state index contributed by atoms with van der Waals surface area (Å²) in [4.78, 5) is 0. The van der Waals surface area contributed by atoms with Crippen LogP contribution in [0, 0.1) is 6.92 Å². The summed E-state index contributed by atoms with van der Waals surface area (Å²) < 4.78 is 7.38. The van der Waals surface area contributed by atoms with Crippen LogP contribution in [-0.4, -0.2) is 22.5 Å². The van der Waals surface area contributed by atoms with E-state index < -0.39 is 0 Å². The monoisotopic (exact) mass is 181 g/mol. The maximum absolute atomic E-state index is 5.69. The molecule has 4 nitrogen and oxygen atoms in total. The third-order valence-electron chi connectivity index (χ3n) is 2.40. The van der Waals surface area contributed by atoms with Crippen molar-refractivity contribution in [2.45, 2.75) is 32.4 Å². The zero-order valence-corrected chi connectivity index (χ0v) is 7.86. The molecule has 2 rings (SSSR count). The Kier molecular flexibility index (Phi) is 2.22. The van der Waals surface area contributed by atoms with E-state index >= 15 is 0 Å². The second-order valence-electron chi connectivity index (χ2n) is 3.53. The van der Waals surface area contributed by atoms with Crippen molar-refractivity contribution in [2.24, 2.45) is 0 Å². The molecule has 1 aromatic rings. The van der Waals surface area contributed by atoms with Gasteiger partial charge in [0.25, 0.3) is 0 Å². The third kappa shape index (κ3) is 1.83. The number of aryl methyl sites for hydroxylation is 1. The van der Waals surface area contributed by atoms with Gasteiger partial charge in [0.1, 0.15) is 0 Å². The molecule has 0 aromatic carbocycles. The molecule has 13 heavy (non-hydrogen) atoms. The average Bonchev–Trinajstić information content (AvgIpc) is 2.64. The molecular weight excluding hydrogens is 166 g/mol. The van der Waals surface area contributed by atoms with Crippen LogP contribution in [0.1, 0.15) is 18.5 Å². The normalized spacial score (nSPS) is 22.4. The van der Waals surface area contributed by atoms with Crippen LogP contribution in [0.4, 0.5) is 5.69 Å². The molecule has 1 saturated heterocycles. The highest BCUT2D eigenvalue weighted by molar-refractivity contribution is 5.39. The van der Waals surface area contributed by atoms with Crippen LogP contribution in [0.25, 0.3) is 0 Å². The van der Waals surface area contributed by atoms with E-state index in [-0.39, 0.29) is 0 Å². The van der Waals surface area contributed by atoms with E-state index in [9.17, 15) is 0 Å². The molecule has 1 fully saturated rings. The molecule has 4 heteroatoms. The minimum atomic E-state index is 0.332. The van der Waals surface area contributed by atoms with Gasteiger partial charge in [-0.2, -0.15) is 5.10 Å². The van der Waals surface area contributed by atoms with Crippen molar-refractivity contribution in [3.63, 3.8) is 0 Å². The Morgan fingerprint density at radius 3 is 3.15 bits per heavy atom. The van der Waals surface area contributed by atoms with Gasteiger partial charge in [0.15, 0.2) is 0 Å². The first-order valence-corrected chi connectivity index (χ1v) is 4.67. The lowest BCUT2D eigenvalue weighted by atomic mass is 10.2. The third-order valence-corrected chi connectivity index (χ3v) is 2.40. The minimum Gasteiger partial charge on any atom is -0.396 e. The topological polar surface area (TPSA) is 53.1 Å². The summed E-state index contributed by atoms with van der Waals surface area (Å²) in [7, 11) is 0. The maximum atomic E-state index is 5.69.